The summed E-state index contributed by atoms with van der Waals surface area (Å²) >= 11 is 0. The molecule has 0 aliphatic rings. The van der Waals surface area contributed by atoms with Gasteiger partial charge in [-0.05, 0) is 30.7 Å². The molecular formula is C19H17F2N3O2. The third-order valence-corrected chi connectivity index (χ3v) is 3.68. The molecule has 3 aromatic rings. The monoisotopic (exact) mass is 357 g/mol. The third-order valence-electron chi connectivity index (χ3n) is 3.68. The quantitative estimate of drug-likeness (QED) is 0.723. The van der Waals surface area contributed by atoms with E-state index in [9.17, 15) is 13.6 Å². The van der Waals surface area contributed by atoms with Crippen molar-refractivity contribution in [1.29, 1.82) is 0 Å². The summed E-state index contributed by atoms with van der Waals surface area (Å²) in [5.41, 5.74) is 3.00. The highest BCUT2D eigenvalue weighted by Crippen LogP contribution is 2.17. The minimum absolute atomic E-state index is 0.0669. The van der Waals surface area contributed by atoms with Crippen LogP contribution in [0.1, 0.15) is 21.5 Å². The summed E-state index contributed by atoms with van der Waals surface area (Å²) in [7, 11) is 0. The van der Waals surface area contributed by atoms with Crippen LogP contribution < -0.4 is 10.1 Å². The van der Waals surface area contributed by atoms with Crippen LogP contribution in [0.5, 0.6) is 5.75 Å². The lowest BCUT2D eigenvalue weighted by molar-refractivity contribution is -0.0498. The first kappa shape index (κ1) is 17.6. The Labute approximate surface area is 149 Å². The van der Waals surface area contributed by atoms with Gasteiger partial charge in [0.2, 0.25) is 0 Å². The van der Waals surface area contributed by atoms with E-state index in [1.165, 1.54) is 36.0 Å². The van der Waals surface area contributed by atoms with Crippen molar-refractivity contribution >= 4 is 11.6 Å². The van der Waals surface area contributed by atoms with Gasteiger partial charge in [0.1, 0.15) is 5.75 Å². The molecule has 0 aliphatic heterocycles. The molecule has 5 nitrogen and oxygen atoms in total. The Balaban J connectivity index is 1.65. The van der Waals surface area contributed by atoms with Crippen LogP contribution in [-0.4, -0.2) is 22.3 Å². The molecule has 0 unspecified atom stereocenters. The molecule has 0 fully saturated rings. The van der Waals surface area contributed by atoms with Gasteiger partial charge >= 0.3 is 6.61 Å². The second-order valence-electron chi connectivity index (χ2n) is 5.77. The average Bonchev–Trinajstić information content (AvgIpc) is 3.03. The second kappa shape index (κ2) is 7.77. The molecule has 0 atom stereocenters. The van der Waals surface area contributed by atoms with E-state index < -0.39 is 12.5 Å². The lowest BCUT2D eigenvalue weighted by atomic mass is 10.1. The molecule has 2 aromatic carbocycles. The van der Waals surface area contributed by atoms with Crippen LogP contribution in [-0.2, 0) is 6.54 Å². The molecule has 26 heavy (non-hydrogen) atoms. The maximum Gasteiger partial charge on any atom is 0.387 e. The van der Waals surface area contributed by atoms with Crippen molar-refractivity contribution in [3.8, 4) is 5.75 Å². The van der Waals surface area contributed by atoms with E-state index in [0.29, 0.717) is 12.2 Å². The van der Waals surface area contributed by atoms with Crippen molar-refractivity contribution in [2.45, 2.75) is 20.1 Å². The van der Waals surface area contributed by atoms with E-state index in [-0.39, 0.29) is 11.3 Å². The maximum atomic E-state index is 12.3. The van der Waals surface area contributed by atoms with E-state index in [1.807, 2.05) is 31.2 Å². The van der Waals surface area contributed by atoms with Crippen molar-refractivity contribution in [2.75, 3.05) is 5.32 Å². The number of hydrogen-bond donors (Lipinski definition) is 1. The number of amides is 1. The number of carbonyl (C=O) groups excluding carboxylic acids is 1. The molecule has 1 heterocycles. The van der Waals surface area contributed by atoms with Crippen molar-refractivity contribution in [2.24, 2.45) is 0 Å². The zero-order chi connectivity index (χ0) is 18.5. The SMILES string of the molecule is Cc1ccc(Cn2cc(NC(=O)c3cccc(OC(F)F)c3)cn2)cc1. The lowest BCUT2D eigenvalue weighted by Gasteiger charge is -2.07. The van der Waals surface area contributed by atoms with Crippen molar-refractivity contribution in [3.63, 3.8) is 0 Å². The molecular weight excluding hydrogens is 340 g/mol. The van der Waals surface area contributed by atoms with E-state index >= 15 is 0 Å². The van der Waals surface area contributed by atoms with Crippen LogP contribution in [0, 0.1) is 6.92 Å². The van der Waals surface area contributed by atoms with Gasteiger partial charge in [0.15, 0.2) is 0 Å². The minimum atomic E-state index is -2.94. The summed E-state index contributed by atoms with van der Waals surface area (Å²) in [6.45, 7) is -0.339. The number of rotatable bonds is 6. The summed E-state index contributed by atoms with van der Waals surface area (Å²) in [5, 5.41) is 6.90. The summed E-state index contributed by atoms with van der Waals surface area (Å²) in [6, 6.07) is 13.7. The summed E-state index contributed by atoms with van der Waals surface area (Å²) in [6.07, 6.45) is 3.24. The smallest absolute Gasteiger partial charge is 0.387 e. The predicted octanol–water partition coefficient (Wildman–Crippen LogP) is 4.09. The fourth-order valence-electron chi connectivity index (χ4n) is 2.41. The first-order valence-electron chi connectivity index (χ1n) is 7.94. The molecule has 0 saturated carbocycles. The molecule has 7 heteroatoms. The number of aryl methyl sites for hydroxylation is 1. The lowest BCUT2D eigenvalue weighted by Crippen LogP contribution is -2.12. The van der Waals surface area contributed by atoms with Gasteiger partial charge in [-0.2, -0.15) is 13.9 Å². The first-order valence-corrected chi connectivity index (χ1v) is 7.94. The van der Waals surface area contributed by atoms with Crippen LogP contribution in [0.25, 0.3) is 0 Å². The number of halogens is 2. The topological polar surface area (TPSA) is 56.2 Å². The summed E-state index contributed by atoms with van der Waals surface area (Å²) in [4.78, 5) is 12.3. The minimum Gasteiger partial charge on any atom is -0.435 e. The second-order valence-corrected chi connectivity index (χ2v) is 5.77. The Bertz CT molecular complexity index is 892. The maximum absolute atomic E-state index is 12.3. The van der Waals surface area contributed by atoms with E-state index in [1.54, 1.807) is 10.9 Å². The number of benzene rings is 2. The van der Waals surface area contributed by atoms with Crippen LogP contribution in [0.15, 0.2) is 60.9 Å². The zero-order valence-electron chi connectivity index (χ0n) is 14.0. The molecule has 0 aliphatic carbocycles. The van der Waals surface area contributed by atoms with Crippen molar-refractivity contribution in [3.05, 3.63) is 77.6 Å². The van der Waals surface area contributed by atoms with Crippen LogP contribution in [0.4, 0.5) is 14.5 Å². The Morgan fingerprint density at radius 1 is 1.23 bits per heavy atom. The normalized spacial score (nSPS) is 10.8. The number of nitrogens with zero attached hydrogens (tertiary/aromatic N) is 2. The third kappa shape index (κ3) is 4.66. The van der Waals surface area contributed by atoms with Gasteiger partial charge in [0, 0.05) is 11.8 Å². The molecule has 0 saturated heterocycles. The summed E-state index contributed by atoms with van der Waals surface area (Å²) < 4.78 is 30.5. The number of aromatic nitrogens is 2. The number of alkyl halides is 2. The van der Waals surface area contributed by atoms with E-state index in [2.05, 4.69) is 15.2 Å². The van der Waals surface area contributed by atoms with Crippen molar-refractivity contribution in [1.82, 2.24) is 9.78 Å². The van der Waals surface area contributed by atoms with E-state index in [0.717, 1.165) is 5.56 Å². The zero-order valence-corrected chi connectivity index (χ0v) is 14.0. The van der Waals surface area contributed by atoms with Gasteiger partial charge in [-0.15, -0.1) is 0 Å². The Hall–Kier alpha value is -3.22. The van der Waals surface area contributed by atoms with Crippen LogP contribution in [0.3, 0.4) is 0 Å². The fraction of sp³-hybridized carbons (Fsp3) is 0.158. The molecule has 1 aromatic heterocycles. The number of anilines is 1. The Morgan fingerprint density at radius 2 is 2.00 bits per heavy atom. The number of carbonyl (C=O) groups is 1. The average molecular weight is 357 g/mol. The molecule has 0 bridgehead atoms. The molecule has 0 spiro atoms. The molecule has 1 N–H and O–H groups in total. The first-order chi connectivity index (χ1) is 12.5. The van der Waals surface area contributed by atoms with Crippen LogP contribution >= 0.6 is 0 Å². The largest absolute Gasteiger partial charge is 0.435 e. The van der Waals surface area contributed by atoms with Gasteiger partial charge in [-0.3, -0.25) is 9.48 Å². The van der Waals surface area contributed by atoms with Gasteiger partial charge < -0.3 is 10.1 Å². The highest BCUT2D eigenvalue weighted by Gasteiger charge is 2.11. The van der Waals surface area contributed by atoms with Crippen molar-refractivity contribution < 1.29 is 18.3 Å². The molecule has 3 rings (SSSR count). The Morgan fingerprint density at radius 3 is 2.73 bits per heavy atom. The van der Waals surface area contributed by atoms with Crippen LogP contribution in [0.2, 0.25) is 0 Å². The molecule has 1 amide bonds. The predicted molar refractivity (Wildman–Crippen MR) is 93.5 cm³/mol. The van der Waals surface area contributed by atoms with Gasteiger partial charge in [-0.1, -0.05) is 35.9 Å². The highest BCUT2D eigenvalue weighted by atomic mass is 19.3. The number of nitrogens with one attached hydrogen (secondary N) is 1. The van der Waals surface area contributed by atoms with Gasteiger partial charge in [-0.25, -0.2) is 0 Å². The number of ether oxygens (including phenoxy) is 1. The molecule has 134 valence electrons. The van der Waals surface area contributed by atoms with Gasteiger partial charge in [0.05, 0.1) is 18.4 Å². The molecule has 0 radical (unpaired) electrons. The highest BCUT2D eigenvalue weighted by molar-refractivity contribution is 6.04. The van der Waals surface area contributed by atoms with E-state index in [4.69, 9.17) is 0 Å². The standard InChI is InChI=1S/C19H17F2N3O2/c1-13-5-7-14(8-6-13)11-24-12-16(10-22-24)23-18(25)15-3-2-4-17(9-15)26-19(20)21/h2-10,12,19H,11H2,1H3,(H,23,25). The Kier molecular flexibility index (Phi) is 5.26. The number of hydrogen-bond acceptors (Lipinski definition) is 3. The van der Waals surface area contributed by atoms with Gasteiger partial charge in [0.25, 0.3) is 5.91 Å². The summed E-state index contributed by atoms with van der Waals surface area (Å²) in [5.74, 6) is -0.498. The fourth-order valence-corrected chi connectivity index (χ4v) is 2.41.